The predicted octanol–water partition coefficient (Wildman–Crippen LogP) is 0.874. The Bertz CT molecular complexity index is 337. The van der Waals surface area contributed by atoms with Crippen molar-refractivity contribution >= 4 is 30.3 Å². The summed E-state index contributed by atoms with van der Waals surface area (Å²) in [7, 11) is 0. The Hall–Kier alpha value is -1.34. The van der Waals surface area contributed by atoms with Crippen molar-refractivity contribution in [2.75, 3.05) is 0 Å². The Labute approximate surface area is 125 Å². The second-order valence-electron chi connectivity index (χ2n) is 4.69. The number of urea groups is 1. The molecule has 0 saturated heterocycles. The van der Waals surface area contributed by atoms with Gasteiger partial charge in [-0.3, -0.25) is 20.2 Å². The fraction of sp³-hybridized carbons (Fsp3) is 0.750. The van der Waals surface area contributed by atoms with E-state index in [0.29, 0.717) is 12.8 Å². The van der Waals surface area contributed by atoms with Gasteiger partial charge in [-0.15, -0.1) is 12.4 Å². The summed E-state index contributed by atoms with van der Waals surface area (Å²) in [6.07, 6.45) is 1.11. The average molecular weight is 310 g/mol. The summed E-state index contributed by atoms with van der Waals surface area (Å²) in [6.45, 7) is 6.92. The lowest BCUT2D eigenvalue weighted by Gasteiger charge is -2.19. The van der Waals surface area contributed by atoms with Crippen LogP contribution in [0.1, 0.15) is 40.5 Å². The largest absolute Gasteiger partial charge is 0.480 e. The zero-order valence-corrected chi connectivity index (χ0v) is 13.0. The zero-order chi connectivity index (χ0) is 15.0. The molecule has 118 valence electrons. The second-order valence-corrected chi connectivity index (χ2v) is 4.69. The van der Waals surface area contributed by atoms with Crippen molar-refractivity contribution in [1.82, 2.24) is 16.0 Å². The Kier molecular flexibility index (Phi) is 11.0. The second kappa shape index (κ2) is 10.4. The minimum Gasteiger partial charge on any atom is -0.480 e. The van der Waals surface area contributed by atoms with Gasteiger partial charge in [-0.05, 0) is 27.2 Å². The molecule has 0 aromatic heterocycles. The summed E-state index contributed by atoms with van der Waals surface area (Å²) < 4.78 is 0. The zero-order valence-electron chi connectivity index (χ0n) is 12.2. The lowest BCUT2D eigenvalue weighted by Crippen LogP contribution is -2.52. The van der Waals surface area contributed by atoms with E-state index in [2.05, 4.69) is 16.0 Å². The van der Waals surface area contributed by atoms with Crippen molar-refractivity contribution in [1.29, 1.82) is 0 Å². The molecule has 0 saturated carbocycles. The number of carboxylic acid groups (broad SMARTS) is 1. The highest BCUT2D eigenvalue weighted by molar-refractivity contribution is 5.97. The Morgan fingerprint density at radius 1 is 1.15 bits per heavy atom. The van der Waals surface area contributed by atoms with Gasteiger partial charge in [0.2, 0.25) is 5.91 Å². The van der Waals surface area contributed by atoms with Crippen LogP contribution >= 0.6 is 12.4 Å². The molecule has 0 aliphatic rings. The molecule has 0 aromatic rings. The highest BCUT2D eigenvalue weighted by Crippen LogP contribution is 1.99. The third-order valence-corrected chi connectivity index (χ3v) is 2.38. The predicted molar refractivity (Wildman–Crippen MR) is 78.0 cm³/mol. The average Bonchev–Trinajstić information content (AvgIpc) is 2.26. The van der Waals surface area contributed by atoms with Crippen molar-refractivity contribution in [3.05, 3.63) is 0 Å². The standard InChI is InChI=1S/C12H23N3O4.ClH/c1-5-6-9(11(17)18)14-8(4)10(16)15-12(19)13-7(2)3;/h7-9,14H,5-6H2,1-4H3,(H,17,18)(H2,13,15,16,19);1H. The highest BCUT2D eigenvalue weighted by atomic mass is 35.5. The van der Waals surface area contributed by atoms with Crippen LogP contribution in [0.5, 0.6) is 0 Å². The van der Waals surface area contributed by atoms with Gasteiger partial charge in [-0.25, -0.2) is 4.79 Å². The number of rotatable bonds is 7. The Balaban J connectivity index is 0. The minimum atomic E-state index is -1.01. The van der Waals surface area contributed by atoms with Gasteiger partial charge < -0.3 is 10.4 Å². The molecule has 0 heterocycles. The molecule has 2 atom stereocenters. The van der Waals surface area contributed by atoms with Gasteiger partial charge in [0.15, 0.2) is 0 Å². The molecule has 7 nitrogen and oxygen atoms in total. The first kappa shape index (κ1) is 21.0. The van der Waals surface area contributed by atoms with Crippen LogP contribution in [0.4, 0.5) is 4.79 Å². The maximum absolute atomic E-state index is 11.7. The molecular formula is C12H24ClN3O4. The lowest BCUT2D eigenvalue weighted by atomic mass is 10.1. The number of nitrogens with one attached hydrogen (secondary N) is 3. The van der Waals surface area contributed by atoms with Crippen molar-refractivity contribution in [3.8, 4) is 0 Å². The molecule has 3 amide bonds. The van der Waals surface area contributed by atoms with E-state index >= 15 is 0 Å². The number of hydrogen-bond donors (Lipinski definition) is 4. The monoisotopic (exact) mass is 309 g/mol. The van der Waals surface area contributed by atoms with Gasteiger partial charge in [0.25, 0.3) is 0 Å². The number of carboxylic acids is 1. The topological polar surface area (TPSA) is 108 Å². The first-order chi connectivity index (χ1) is 8.77. The van der Waals surface area contributed by atoms with Gasteiger partial charge in [-0.2, -0.15) is 0 Å². The minimum absolute atomic E-state index is 0. The number of halogens is 1. The Morgan fingerprint density at radius 3 is 2.10 bits per heavy atom. The van der Waals surface area contributed by atoms with E-state index in [1.54, 1.807) is 13.8 Å². The molecule has 8 heteroatoms. The van der Waals surface area contributed by atoms with E-state index in [0.717, 1.165) is 0 Å². The lowest BCUT2D eigenvalue weighted by molar-refractivity contribution is -0.140. The smallest absolute Gasteiger partial charge is 0.321 e. The molecule has 2 unspecified atom stereocenters. The van der Waals surface area contributed by atoms with Crippen molar-refractivity contribution in [2.24, 2.45) is 0 Å². The molecule has 0 fully saturated rings. The van der Waals surface area contributed by atoms with E-state index in [-0.39, 0.29) is 18.4 Å². The summed E-state index contributed by atoms with van der Waals surface area (Å²) in [6, 6.07) is -2.22. The van der Waals surface area contributed by atoms with Crippen molar-refractivity contribution < 1.29 is 19.5 Å². The van der Waals surface area contributed by atoms with Crippen LogP contribution in [-0.2, 0) is 9.59 Å². The first-order valence-corrected chi connectivity index (χ1v) is 6.38. The van der Waals surface area contributed by atoms with E-state index in [4.69, 9.17) is 5.11 Å². The summed E-state index contributed by atoms with van der Waals surface area (Å²) in [5.74, 6) is -1.56. The van der Waals surface area contributed by atoms with Crippen LogP contribution in [0.15, 0.2) is 0 Å². The third kappa shape index (κ3) is 8.71. The van der Waals surface area contributed by atoms with E-state index in [1.807, 2.05) is 6.92 Å². The van der Waals surface area contributed by atoms with Crippen LogP contribution in [0.2, 0.25) is 0 Å². The quantitative estimate of drug-likeness (QED) is 0.558. The molecule has 20 heavy (non-hydrogen) atoms. The fourth-order valence-corrected chi connectivity index (χ4v) is 1.46. The van der Waals surface area contributed by atoms with E-state index in [1.165, 1.54) is 6.92 Å². The number of carbonyl (C=O) groups excluding carboxylic acids is 2. The molecular weight excluding hydrogens is 286 g/mol. The molecule has 0 aromatic carbocycles. The normalized spacial score (nSPS) is 13.1. The molecule has 0 rings (SSSR count). The van der Waals surface area contributed by atoms with Crippen LogP contribution in [0.3, 0.4) is 0 Å². The number of aliphatic carboxylic acids is 1. The van der Waals surface area contributed by atoms with E-state index < -0.39 is 30.0 Å². The third-order valence-electron chi connectivity index (χ3n) is 2.38. The molecule has 0 spiro atoms. The molecule has 0 radical (unpaired) electrons. The number of imide groups is 1. The SMILES string of the molecule is CCCC(NC(C)C(=O)NC(=O)NC(C)C)C(=O)O.Cl. The van der Waals surface area contributed by atoms with Gasteiger partial charge in [0.1, 0.15) is 6.04 Å². The van der Waals surface area contributed by atoms with Crippen LogP contribution < -0.4 is 16.0 Å². The number of amides is 3. The van der Waals surface area contributed by atoms with Crippen LogP contribution in [0.25, 0.3) is 0 Å². The van der Waals surface area contributed by atoms with Gasteiger partial charge in [0, 0.05) is 6.04 Å². The van der Waals surface area contributed by atoms with Gasteiger partial charge >= 0.3 is 12.0 Å². The van der Waals surface area contributed by atoms with Crippen LogP contribution in [-0.4, -0.2) is 41.1 Å². The molecule has 0 aliphatic carbocycles. The van der Waals surface area contributed by atoms with Gasteiger partial charge in [0.05, 0.1) is 6.04 Å². The maximum Gasteiger partial charge on any atom is 0.321 e. The summed E-state index contributed by atoms with van der Waals surface area (Å²) >= 11 is 0. The maximum atomic E-state index is 11.7. The molecule has 4 N–H and O–H groups in total. The van der Waals surface area contributed by atoms with Crippen LogP contribution in [0, 0.1) is 0 Å². The summed E-state index contributed by atoms with van der Waals surface area (Å²) in [5, 5.41) is 16.3. The highest BCUT2D eigenvalue weighted by Gasteiger charge is 2.23. The Morgan fingerprint density at radius 2 is 1.70 bits per heavy atom. The summed E-state index contributed by atoms with van der Waals surface area (Å²) in [5.41, 5.74) is 0. The van der Waals surface area contributed by atoms with Gasteiger partial charge in [-0.1, -0.05) is 13.3 Å². The number of carbonyl (C=O) groups is 3. The van der Waals surface area contributed by atoms with Crippen molar-refractivity contribution in [3.63, 3.8) is 0 Å². The molecule has 0 bridgehead atoms. The number of hydrogen-bond acceptors (Lipinski definition) is 4. The first-order valence-electron chi connectivity index (χ1n) is 6.38. The summed E-state index contributed by atoms with van der Waals surface area (Å²) in [4.78, 5) is 33.9. The van der Waals surface area contributed by atoms with Crippen molar-refractivity contribution in [2.45, 2.75) is 58.7 Å². The van der Waals surface area contributed by atoms with E-state index in [9.17, 15) is 14.4 Å². The fourth-order valence-electron chi connectivity index (χ4n) is 1.46. The molecule has 0 aliphatic heterocycles.